The zero-order valence-electron chi connectivity index (χ0n) is 14.5. The Balaban J connectivity index is 2.01. The third kappa shape index (κ3) is 4.71. The number of hydrogen-bond acceptors (Lipinski definition) is 2. The number of rotatable bonds is 4. The molecule has 23 heavy (non-hydrogen) atoms. The van der Waals surface area contributed by atoms with Crippen LogP contribution in [0.1, 0.15) is 37.8 Å². The first-order chi connectivity index (χ1) is 10.9. The van der Waals surface area contributed by atoms with Crippen molar-refractivity contribution in [3.63, 3.8) is 0 Å². The van der Waals surface area contributed by atoms with Gasteiger partial charge in [0.05, 0.1) is 0 Å². The Morgan fingerprint density at radius 2 is 1.87 bits per heavy atom. The van der Waals surface area contributed by atoms with Crippen LogP contribution < -0.4 is 10.6 Å². The van der Waals surface area contributed by atoms with E-state index in [1.165, 1.54) is 0 Å². The number of aryl methyl sites for hydroxylation is 2. The summed E-state index contributed by atoms with van der Waals surface area (Å²) in [6, 6.07) is 5.38. The molecular weight excluding hydrogens is 290 g/mol. The van der Waals surface area contributed by atoms with Crippen molar-refractivity contribution in [3.8, 4) is 0 Å². The Bertz CT molecular complexity index is 563. The molecule has 1 atom stereocenters. The Labute approximate surface area is 138 Å². The molecule has 2 rings (SSSR count). The number of urea groups is 1. The van der Waals surface area contributed by atoms with Crippen molar-refractivity contribution in [2.24, 2.45) is 5.92 Å². The summed E-state index contributed by atoms with van der Waals surface area (Å²) in [4.78, 5) is 26.5. The molecule has 1 aliphatic heterocycles. The highest BCUT2D eigenvalue weighted by atomic mass is 16.2. The van der Waals surface area contributed by atoms with Gasteiger partial charge in [0.15, 0.2) is 0 Å². The fourth-order valence-corrected chi connectivity index (χ4v) is 2.95. The highest BCUT2D eigenvalue weighted by molar-refractivity contribution is 5.94. The van der Waals surface area contributed by atoms with Crippen molar-refractivity contribution >= 4 is 17.6 Å². The maximum Gasteiger partial charge on any atom is 0.322 e. The number of benzene rings is 1. The molecule has 1 heterocycles. The van der Waals surface area contributed by atoms with Gasteiger partial charge in [0.2, 0.25) is 5.91 Å². The van der Waals surface area contributed by atoms with Gasteiger partial charge in [0, 0.05) is 18.8 Å². The standard InChI is InChI=1S/C18H27N3O2/c1-12(2)11-19-17(22)16-6-5-7-21(16)18(23)20-15-9-13(3)8-14(4)10-15/h8-10,12,16H,5-7,11H2,1-4H3,(H,19,22)(H,20,23)/t16-/m1/s1. The molecule has 5 nitrogen and oxygen atoms in total. The molecule has 0 spiro atoms. The van der Waals surface area contributed by atoms with E-state index < -0.39 is 0 Å². The SMILES string of the molecule is Cc1cc(C)cc(NC(=O)N2CCC[C@@H]2C(=O)NCC(C)C)c1. The highest BCUT2D eigenvalue weighted by Crippen LogP contribution is 2.20. The number of anilines is 1. The summed E-state index contributed by atoms with van der Waals surface area (Å²) in [6.45, 7) is 9.37. The molecule has 2 N–H and O–H groups in total. The largest absolute Gasteiger partial charge is 0.354 e. The second-order valence-electron chi connectivity index (χ2n) is 6.80. The lowest BCUT2D eigenvalue weighted by Gasteiger charge is -2.24. The lowest BCUT2D eigenvalue weighted by atomic mass is 10.1. The molecule has 1 saturated heterocycles. The zero-order valence-corrected chi connectivity index (χ0v) is 14.5. The molecule has 126 valence electrons. The number of nitrogens with one attached hydrogen (secondary N) is 2. The predicted molar refractivity (Wildman–Crippen MR) is 92.5 cm³/mol. The van der Waals surface area contributed by atoms with E-state index in [9.17, 15) is 9.59 Å². The van der Waals surface area contributed by atoms with E-state index in [2.05, 4.69) is 30.5 Å². The maximum atomic E-state index is 12.5. The van der Waals surface area contributed by atoms with E-state index in [0.717, 1.165) is 29.7 Å². The second kappa shape index (κ2) is 7.49. The quantitative estimate of drug-likeness (QED) is 0.896. The minimum Gasteiger partial charge on any atom is -0.354 e. The van der Waals surface area contributed by atoms with Crippen LogP contribution in [0.15, 0.2) is 18.2 Å². The Morgan fingerprint density at radius 1 is 1.22 bits per heavy atom. The average molecular weight is 317 g/mol. The smallest absolute Gasteiger partial charge is 0.322 e. The summed E-state index contributed by atoms with van der Waals surface area (Å²) >= 11 is 0. The van der Waals surface area contributed by atoms with E-state index in [4.69, 9.17) is 0 Å². The van der Waals surface area contributed by atoms with Gasteiger partial charge in [-0.15, -0.1) is 0 Å². The lowest BCUT2D eigenvalue weighted by molar-refractivity contribution is -0.124. The topological polar surface area (TPSA) is 61.4 Å². The van der Waals surface area contributed by atoms with E-state index >= 15 is 0 Å². The highest BCUT2D eigenvalue weighted by Gasteiger charge is 2.34. The fourth-order valence-electron chi connectivity index (χ4n) is 2.95. The molecule has 0 aromatic heterocycles. The van der Waals surface area contributed by atoms with Crippen molar-refractivity contribution in [2.45, 2.75) is 46.6 Å². The van der Waals surface area contributed by atoms with Crippen molar-refractivity contribution < 1.29 is 9.59 Å². The molecule has 1 fully saturated rings. The van der Waals surface area contributed by atoms with Gasteiger partial charge in [-0.3, -0.25) is 4.79 Å². The maximum absolute atomic E-state index is 12.5. The van der Waals surface area contributed by atoms with E-state index in [1.54, 1.807) is 4.90 Å². The molecule has 0 aliphatic carbocycles. The molecule has 0 saturated carbocycles. The van der Waals surface area contributed by atoms with Gasteiger partial charge < -0.3 is 15.5 Å². The molecule has 0 radical (unpaired) electrons. The summed E-state index contributed by atoms with van der Waals surface area (Å²) in [5, 5.41) is 5.85. The van der Waals surface area contributed by atoms with Gasteiger partial charge in [-0.2, -0.15) is 0 Å². The van der Waals surface area contributed by atoms with Gasteiger partial charge in [-0.05, 0) is 55.9 Å². The monoisotopic (exact) mass is 317 g/mol. The minimum atomic E-state index is -0.361. The minimum absolute atomic E-state index is 0.0493. The summed E-state index contributed by atoms with van der Waals surface area (Å²) in [6.07, 6.45) is 1.59. The molecule has 1 aromatic rings. The van der Waals surface area contributed by atoms with Crippen LogP contribution >= 0.6 is 0 Å². The Hall–Kier alpha value is -2.04. The van der Waals surface area contributed by atoms with Crippen LogP contribution in [0, 0.1) is 19.8 Å². The fraction of sp³-hybridized carbons (Fsp3) is 0.556. The second-order valence-corrected chi connectivity index (χ2v) is 6.80. The number of carbonyl (C=O) groups excluding carboxylic acids is 2. The zero-order chi connectivity index (χ0) is 17.0. The lowest BCUT2D eigenvalue weighted by Crippen LogP contribution is -2.48. The average Bonchev–Trinajstić information content (AvgIpc) is 2.93. The number of nitrogens with zero attached hydrogens (tertiary/aromatic N) is 1. The first kappa shape index (κ1) is 17.3. The van der Waals surface area contributed by atoms with E-state index in [1.807, 2.05) is 26.0 Å². The van der Waals surface area contributed by atoms with E-state index in [-0.39, 0.29) is 18.0 Å². The normalized spacial score (nSPS) is 17.4. The van der Waals surface area contributed by atoms with Crippen LogP contribution in [-0.2, 0) is 4.79 Å². The van der Waals surface area contributed by atoms with Gasteiger partial charge in [-0.25, -0.2) is 4.79 Å². The van der Waals surface area contributed by atoms with Crippen LogP contribution in [0.25, 0.3) is 0 Å². The molecule has 5 heteroatoms. The Kier molecular flexibility index (Phi) is 5.64. The first-order valence-electron chi connectivity index (χ1n) is 8.30. The van der Waals surface area contributed by atoms with E-state index in [0.29, 0.717) is 19.0 Å². The first-order valence-corrected chi connectivity index (χ1v) is 8.30. The molecule has 1 aromatic carbocycles. The number of carbonyl (C=O) groups is 2. The third-order valence-electron chi connectivity index (χ3n) is 3.97. The molecule has 0 bridgehead atoms. The van der Waals surface area contributed by atoms with Crippen molar-refractivity contribution in [3.05, 3.63) is 29.3 Å². The summed E-state index contributed by atoms with van der Waals surface area (Å²) in [5.74, 6) is 0.352. The molecular formula is C18H27N3O2. The van der Waals surface area contributed by atoms with Gasteiger partial charge in [0.1, 0.15) is 6.04 Å². The molecule has 1 aliphatic rings. The summed E-state index contributed by atoms with van der Waals surface area (Å²) in [7, 11) is 0. The number of likely N-dealkylation sites (tertiary alicyclic amines) is 1. The van der Waals surface area contributed by atoms with Crippen molar-refractivity contribution in [2.75, 3.05) is 18.4 Å². The predicted octanol–water partition coefficient (Wildman–Crippen LogP) is 3.07. The summed E-state index contributed by atoms with van der Waals surface area (Å²) in [5.41, 5.74) is 2.99. The van der Waals surface area contributed by atoms with Gasteiger partial charge in [0.25, 0.3) is 0 Å². The van der Waals surface area contributed by atoms with Gasteiger partial charge >= 0.3 is 6.03 Å². The number of amides is 3. The van der Waals surface area contributed by atoms with Crippen molar-refractivity contribution in [1.82, 2.24) is 10.2 Å². The van der Waals surface area contributed by atoms with Crippen molar-refractivity contribution in [1.29, 1.82) is 0 Å². The van der Waals surface area contributed by atoms with Crippen LogP contribution in [0.4, 0.5) is 10.5 Å². The van der Waals surface area contributed by atoms with Gasteiger partial charge in [-0.1, -0.05) is 19.9 Å². The number of hydrogen-bond donors (Lipinski definition) is 2. The van der Waals surface area contributed by atoms with Crippen LogP contribution in [0.5, 0.6) is 0 Å². The van der Waals surface area contributed by atoms with Crippen LogP contribution in [-0.4, -0.2) is 36.0 Å². The third-order valence-corrected chi connectivity index (χ3v) is 3.97. The molecule has 3 amide bonds. The summed E-state index contributed by atoms with van der Waals surface area (Å²) < 4.78 is 0. The van der Waals surface area contributed by atoms with Crippen LogP contribution in [0.3, 0.4) is 0 Å². The Morgan fingerprint density at radius 3 is 2.48 bits per heavy atom. The molecule has 0 unspecified atom stereocenters. The van der Waals surface area contributed by atoms with Crippen LogP contribution in [0.2, 0.25) is 0 Å².